The van der Waals surface area contributed by atoms with Gasteiger partial charge in [-0.25, -0.2) is 0 Å². The van der Waals surface area contributed by atoms with Gasteiger partial charge in [0, 0.05) is 18.8 Å². The lowest BCUT2D eigenvalue weighted by Gasteiger charge is -2.26. The summed E-state index contributed by atoms with van der Waals surface area (Å²) in [6.07, 6.45) is 1.24. The summed E-state index contributed by atoms with van der Waals surface area (Å²) in [5.41, 5.74) is 0.897. The molecule has 0 radical (unpaired) electrons. The van der Waals surface area contributed by atoms with Gasteiger partial charge < -0.3 is 15.4 Å². The zero-order valence-electron chi connectivity index (χ0n) is 14.4. The van der Waals surface area contributed by atoms with Crippen LogP contribution in [-0.4, -0.2) is 31.1 Å². The molecule has 0 unspecified atom stereocenters. The molecule has 24 heavy (non-hydrogen) atoms. The van der Waals surface area contributed by atoms with Gasteiger partial charge in [0.25, 0.3) is 11.8 Å². The Morgan fingerprint density at radius 3 is 2.79 bits per heavy atom. The third kappa shape index (κ3) is 5.21. The average molecular weight is 353 g/mol. The number of rotatable bonds is 5. The molecule has 132 valence electrons. The lowest BCUT2D eigenvalue weighted by molar-refractivity contribution is -0.131. The minimum atomic E-state index is -0.442. The molecule has 2 N–H and O–H groups in total. The van der Waals surface area contributed by atoms with Crippen LogP contribution in [0.3, 0.4) is 0 Å². The van der Waals surface area contributed by atoms with Gasteiger partial charge in [-0.05, 0) is 42.9 Å². The monoisotopic (exact) mass is 352 g/mol. The van der Waals surface area contributed by atoms with E-state index >= 15 is 0 Å². The maximum Gasteiger partial charge on any atom is 0.253 e. The standard InChI is InChI=1S/C18H25ClN2O3/c1-11(2)10-20-17(22)14-9-13(4-5-15(14)19)21-18(23)16-8-12(3)6-7-24-16/h4-5,9,11-12,16H,6-8,10H2,1-3H3,(H,20,22)(H,21,23)/t12-,16-/m0/s1. The maximum absolute atomic E-state index is 12.3. The molecule has 1 saturated heterocycles. The van der Waals surface area contributed by atoms with Gasteiger partial charge in [0.1, 0.15) is 6.10 Å². The van der Waals surface area contributed by atoms with Crippen molar-refractivity contribution >= 4 is 29.1 Å². The van der Waals surface area contributed by atoms with Gasteiger partial charge in [0.05, 0.1) is 10.6 Å². The highest BCUT2D eigenvalue weighted by molar-refractivity contribution is 6.34. The van der Waals surface area contributed by atoms with E-state index in [2.05, 4.69) is 17.6 Å². The van der Waals surface area contributed by atoms with Gasteiger partial charge >= 0.3 is 0 Å². The lowest BCUT2D eigenvalue weighted by atomic mass is 9.97. The third-order valence-corrected chi connectivity index (χ3v) is 4.32. The highest BCUT2D eigenvalue weighted by Crippen LogP contribution is 2.23. The van der Waals surface area contributed by atoms with Crippen LogP contribution in [0.15, 0.2) is 18.2 Å². The Morgan fingerprint density at radius 2 is 2.12 bits per heavy atom. The van der Waals surface area contributed by atoms with E-state index in [0.29, 0.717) is 47.7 Å². The minimum absolute atomic E-state index is 0.183. The van der Waals surface area contributed by atoms with Crippen molar-refractivity contribution < 1.29 is 14.3 Å². The molecule has 1 aliphatic heterocycles. The topological polar surface area (TPSA) is 67.4 Å². The van der Waals surface area contributed by atoms with E-state index in [1.807, 2.05) is 13.8 Å². The van der Waals surface area contributed by atoms with Crippen LogP contribution >= 0.6 is 11.6 Å². The molecule has 2 rings (SSSR count). The van der Waals surface area contributed by atoms with E-state index in [9.17, 15) is 9.59 Å². The molecule has 0 aromatic heterocycles. The van der Waals surface area contributed by atoms with Gasteiger partial charge in [-0.1, -0.05) is 32.4 Å². The molecule has 0 saturated carbocycles. The van der Waals surface area contributed by atoms with Crippen LogP contribution in [0.1, 0.15) is 44.0 Å². The largest absolute Gasteiger partial charge is 0.368 e. The summed E-state index contributed by atoms with van der Waals surface area (Å²) in [6.45, 7) is 7.32. The summed E-state index contributed by atoms with van der Waals surface area (Å²) in [5, 5.41) is 6.00. The van der Waals surface area contributed by atoms with Crippen LogP contribution in [0.25, 0.3) is 0 Å². The smallest absolute Gasteiger partial charge is 0.253 e. The molecule has 0 aliphatic carbocycles. The van der Waals surface area contributed by atoms with Crippen molar-refractivity contribution in [2.24, 2.45) is 11.8 Å². The Kier molecular flexibility index (Phi) is 6.63. The number of nitrogens with one attached hydrogen (secondary N) is 2. The van der Waals surface area contributed by atoms with E-state index in [-0.39, 0.29) is 11.8 Å². The van der Waals surface area contributed by atoms with Gasteiger partial charge in [0.15, 0.2) is 0 Å². The maximum atomic E-state index is 12.3. The van der Waals surface area contributed by atoms with Crippen molar-refractivity contribution in [3.05, 3.63) is 28.8 Å². The summed E-state index contributed by atoms with van der Waals surface area (Å²) < 4.78 is 5.53. The van der Waals surface area contributed by atoms with E-state index in [0.717, 1.165) is 6.42 Å². The quantitative estimate of drug-likeness (QED) is 0.852. The van der Waals surface area contributed by atoms with Crippen LogP contribution in [0.5, 0.6) is 0 Å². The third-order valence-electron chi connectivity index (χ3n) is 3.99. The van der Waals surface area contributed by atoms with Crippen LogP contribution in [0.2, 0.25) is 5.02 Å². The predicted molar refractivity (Wildman–Crippen MR) is 95.4 cm³/mol. The molecule has 0 bridgehead atoms. The van der Waals surface area contributed by atoms with Gasteiger partial charge in [-0.2, -0.15) is 0 Å². The van der Waals surface area contributed by atoms with Crippen LogP contribution in [-0.2, 0) is 9.53 Å². The number of benzene rings is 1. The average Bonchev–Trinajstić information content (AvgIpc) is 2.54. The summed E-state index contributed by atoms with van der Waals surface area (Å²) in [6, 6.07) is 4.90. The molecule has 0 spiro atoms. The summed E-state index contributed by atoms with van der Waals surface area (Å²) in [5.74, 6) is 0.392. The molecule has 5 nitrogen and oxygen atoms in total. The van der Waals surface area contributed by atoms with Gasteiger partial charge in [-0.15, -0.1) is 0 Å². The molecule has 1 aromatic rings. The summed E-state index contributed by atoms with van der Waals surface area (Å²) >= 11 is 6.11. The molecule has 6 heteroatoms. The zero-order chi connectivity index (χ0) is 17.7. The second-order valence-corrected chi connectivity index (χ2v) is 7.18. The Hall–Kier alpha value is -1.59. The van der Waals surface area contributed by atoms with Gasteiger partial charge in [-0.3, -0.25) is 9.59 Å². The predicted octanol–water partition coefficient (Wildman–Crippen LogP) is 3.48. The first-order valence-electron chi connectivity index (χ1n) is 8.37. The van der Waals surface area contributed by atoms with Crippen molar-refractivity contribution in [1.29, 1.82) is 0 Å². The Morgan fingerprint density at radius 1 is 1.38 bits per heavy atom. The molecular weight excluding hydrogens is 328 g/mol. The lowest BCUT2D eigenvalue weighted by Crippen LogP contribution is -2.35. The van der Waals surface area contributed by atoms with Crippen molar-refractivity contribution in [3.63, 3.8) is 0 Å². The second-order valence-electron chi connectivity index (χ2n) is 6.78. The number of carbonyl (C=O) groups is 2. The van der Waals surface area contributed by atoms with E-state index in [1.54, 1.807) is 18.2 Å². The fourth-order valence-electron chi connectivity index (χ4n) is 2.54. The zero-order valence-corrected chi connectivity index (χ0v) is 15.2. The van der Waals surface area contributed by atoms with Crippen LogP contribution in [0.4, 0.5) is 5.69 Å². The number of amides is 2. The van der Waals surface area contributed by atoms with Crippen molar-refractivity contribution in [2.45, 2.75) is 39.7 Å². The highest BCUT2D eigenvalue weighted by Gasteiger charge is 2.26. The van der Waals surface area contributed by atoms with E-state index < -0.39 is 6.10 Å². The first kappa shape index (κ1) is 18.7. The summed E-state index contributed by atoms with van der Waals surface area (Å²) in [4.78, 5) is 24.5. The van der Waals surface area contributed by atoms with Crippen LogP contribution in [0, 0.1) is 11.8 Å². The van der Waals surface area contributed by atoms with Crippen molar-refractivity contribution in [3.8, 4) is 0 Å². The normalized spacial score (nSPS) is 20.7. The summed E-state index contributed by atoms with van der Waals surface area (Å²) in [7, 11) is 0. The Bertz CT molecular complexity index is 604. The number of anilines is 1. The fourth-order valence-corrected chi connectivity index (χ4v) is 2.74. The minimum Gasteiger partial charge on any atom is -0.368 e. The number of carbonyl (C=O) groups excluding carboxylic acids is 2. The Labute approximate surface area is 148 Å². The van der Waals surface area contributed by atoms with Crippen molar-refractivity contribution in [2.75, 3.05) is 18.5 Å². The molecule has 1 aliphatic rings. The van der Waals surface area contributed by atoms with E-state index in [4.69, 9.17) is 16.3 Å². The number of hydrogen-bond donors (Lipinski definition) is 2. The SMILES string of the molecule is CC(C)CNC(=O)c1cc(NC(=O)[C@@H]2C[C@@H](C)CCO2)ccc1Cl. The highest BCUT2D eigenvalue weighted by atomic mass is 35.5. The molecule has 2 atom stereocenters. The second kappa shape index (κ2) is 8.49. The van der Waals surface area contributed by atoms with Crippen LogP contribution < -0.4 is 10.6 Å². The number of hydrogen-bond acceptors (Lipinski definition) is 3. The number of halogens is 1. The molecule has 1 heterocycles. The molecular formula is C18H25ClN2O3. The van der Waals surface area contributed by atoms with Crippen molar-refractivity contribution in [1.82, 2.24) is 5.32 Å². The fraction of sp³-hybridized carbons (Fsp3) is 0.556. The molecule has 1 aromatic carbocycles. The first-order valence-corrected chi connectivity index (χ1v) is 8.74. The molecule has 1 fully saturated rings. The Balaban J connectivity index is 2.04. The van der Waals surface area contributed by atoms with Gasteiger partial charge in [0.2, 0.25) is 0 Å². The number of ether oxygens (including phenoxy) is 1. The van der Waals surface area contributed by atoms with E-state index in [1.165, 1.54) is 0 Å². The first-order chi connectivity index (χ1) is 11.4. The molecule has 2 amide bonds.